The van der Waals surface area contributed by atoms with Crippen molar-refractivity contribution < 1.29 is 19.5 Å². The monoisotopic (exact) mass is 293 g/mol. The normalized spacial score (nSPS) is 13.4. The Bertz CT molecular complexity index is 435. The molecule has 0 saturated carbocycles. The van der Waals surface area contributed by atoms with E-state index in [1.807, 2.05) is 44.2 Å². The van der Waals surface area contributed by atoms with Gasteiger partial charge in [0.05, 0.1) is 6.04 Å². The predicted molar refractivity (Wildman–Crippen MR) is 79.2 cm³/mol. The van der Waals surface area contributed by atoms with E-state index in [1.54, 1.807) is 0 Å². The first kappa shape index (κ1) is 17.2. The van der Waals surface area contributed by atoms with Gasteiger partial charge in [-0.25, -0.2) is 5.06 Å². The minimum atomic E-state index is -0.789. The van der Waals surface area contributed by atoms with Crippen LogP contribution < -0.4 is 0 Å². The summed E-state index contributed by atoms with van der Waals surface area (Å²) in [5, 5.41) is 9.96. The number of hydrogen-bond donors (Lipinski definition) is 1. The van der Waals surface area contributed by atoms with Gasteiger partial charge in [0.15, 0.2) is 0 Å². The fourth-order valence-electron chi connectivity index (χ4n) is 2.03. The van der Waals surface area contributed by atoms with Crippen molar-refractivity contribution >= 4 is 12.4 Å². The Kier molecular flexibility index (Phi) is 7.46. The molecule has 1 unspecified atom stereocenters. The molecule has 1 N–H and O–H groups in total. The number of benzene rings is 1. The zero-order valence-corrected chi connectivity index (χ0v) is 12.6. The van der Waals surface area contributed by atoms with Gasteiger partial charge < -0.3 is 5.11 Å². The topological polar surface area (TPSA) is 66.8 Å². The van der Waals surface area contributed by atoms with E-state index < -0.39 is 5.97 Å². The minimum absolute atomic E-state index is 0.0972. The largest absolute Gasteiger partial charge is 0.481 e. The number of aliphatic carboxylic acids is 1. The first-order chi connectivity index (χ1) is 10.0. The second-order valence-electron chi connectivity index (χ2n) is 5.23. The number of rotatable bonds is 10. The van der Waals surface area contributed by atoms with Crippen molar-refractivity contribution in [2.75, 3.05) is 0 Å². The summed E-state index contributed by atoms with van der Waals surface area (Å²) in [6.07, 6.45) is 2.18. The quantitative estimate of drug-likeness (QED) is 0.532. The zero-order valence-electron chi connectivity index (χ0n) is 12.6. The summed E-state index contributed by atoms with van der Waals surface area (Å²) in [7, 11) is 0. The molecule has 0 radical (unpaired) electrons. The Morgan fingerprint density at radius 3 is 2.57 bits per heavy atom. The van der Waals surface area contributed by atoms with Crippen LogP contribution in [-0.4, -0.2) is 28.6 Å². The van der Waals surface area contributed by atoms with Gasteiger partial charge >= 0.3 is 5.97 Å². The van der Waals surface area contributed by atoms with Crippen molar-refractivity contribution in [2.24, 2.45) is 5.92 Å². The molecule has 0 fully saturated rings. The van der Waals surface area contributed by atoms with E-state index in [0.29, 0.717) is 19.4 Å². The second-order valence-corrected chi connectivity index (χ2v) is 5.23. The highest BCUT2D eigenvalue weighted by molar-refractivity contribution is 5.66. The van der Waals surface area contributed by atoms with Gasteiger partial charge in [-0.1, -0.05) is 37.3 Å². The summed E-state index contributed by atoms with van der Waals surface area (Å²) < 4.78 is 0. The van der Waals surface area contributed by atoms with Crippen molar-refractivity contribution in [3.8, 4) is 0 Å². The first-order valence-corrected chi connectivity index (χ1v) is 7.17. The minimum Gasteiger partial charge on any atom is -0.481 e. The Morgan fingerprint density at radius 1 is 1.33 bits per heavy atom. The third-order valence-corrected chi connectivity index (χ3v) is 3.60. The third kappa shape index (κ3) is 6.40. The average molecular weight is 293 g/mol. The predicted octanol–water partition coefficient (Wildman–Crippen LogP) is 2.86. The molecular formula is C16H23NO4. The molecule has 1 rings (SSSR count). The van der Waals surface area contributed by atoms with Crippen molar-refractivity contribution in [3.05, 3.63) is 35.9 Å². The van der Waals surface area contributed by atoms with Crippen molar-refractivity contribution in [1.29, 1.82) is 0 Å². The average Bonchev–Trinajstić information content (AvgIpc) is 2.48. The van der Waals surface area contributed by atoms with Crippen LogP contribution in [0.3, 0.4) is 0 Å². The highest BCUT2D eigenvalue weighted by Gasteiger charge is 2.20. The van der Waals surface area contributed by atoms with Gasteiger partial charge in [0, 0.05) is 6.42 Å². The van der Waals surface area contributed by atoms with Gasteiger partial charge in [0.2, 0.25) is 6.41 Å². The van der Waals surface area contributed by atoms with E-state index in [4.69, 9.17) is 9.94 Å². The maximum Gasteiger partial charge on any atom is 0.303 e. The fourth-order valence-corrected chi connectivity index (χ4v) is 2.03. The molecular weight excluding hydrogens is 270 g/mol. The second kappa shape index (κ2) is 9.13. The lowest BCUT2D eigenvalue weighted by atomic mass is 9.97. The van der Waals surface area contributed by atoms with Gasteiger partial charge in [-0.2, -0.15) is 0 Å². The molecule has 0 aliphatic rings. The maximum absolute atomic E-state index is 11.2. The van der Waals surface area contributed by atoms with Crippen LogP contribution in [0.15, 0.2) is 30.3 Å². The maximum atomic E-state index is 11.2. The summed E-state index contributed by atoms with van der Waals surface area (Å²) >= 11 is 0. The molecule has 5 heteroatoms. The molecule has 0 aliphatic heterocycles. The van der Waals surface area contributed by atoms with E-state index in [2.05, 4.69) is 0 Å². The van der Waals surface area contributed by atoms with Gasteiger partial charge in [-0.3, -0.25) is 14.4 Å². The summed E-state index contributed by atoms with van der Waals surface area (Å²) in [5.74, 6) is -0.618. The lowest BCUT2D eigenvalue weighted by molar-refractivity contribution is -0.196. The van der Waals surface area contributed by atoms with Crippen LogP contribution >= 0.6 is 0 Å². The number of hydrogen-bond acceptors (Lipinski definition) is 3. The van der Waals surface area contributed by atoms with Gasteiger partial charge in [0.1, 0.15) is 6.61 Å². The summed E-state index contributed by atoms with van der Waals surface area (Å²) in [6.45, 7) is 4.24. The highest BCUT2D eigenvalue weighted by Crippen LogP contribution is 2.17. The molecule has 0 saturated heterocycles. The third-order valence-electron chi connectivity index (χ3n) is 3.60. The van der Waals surface area contributed by atoms with E-state index >= 15 is 0 Å². The first-order valence-electron chi connectivity index (χ1n) is 7.17. The van der Waals surface area contributed by atoms with Gasteiger partial charge in [0.25, 0.3) is 0 Å². The summed E-state index contributed by atoms with van der Waals surface area (Å²) in [5.41, 5.74) is 0.995. The van der Waals surface area contributed by atoms with Gasteiger partial charge in [-0.15, -0.1) is 0 Å². The lowest BCUT2D eigenvalue weighted by Gasteiger charge is -2.29. The van der Waals surface area contributed by atoms with Gasteiger partial charge in [-0.05, 0) is 31.2 Å². The standard InChI is InChI=1S/C16H23NO4/c1-13(7-6-10-16(19)20)14(2)17(12-18)21-11-15-8-4-3-5-9-15/h3-5,8-9,12-14H,6-7,10-11H2,1-2H3,(H,19,20)/t13?,14-/m1/s1. The van der Waals surface area contributed by atoms with E-state index in [0.717, 1.165) is 12.0 Å². The number of nitrogens with zero attached hydrogens (tertiary/aromatic N) is 1. The SMILES string of the molecule is CC(CCCC(=O)O)[C@@H](C)N(C=O)OCc1ccccc1. The van der Waals surface area contributed by atoms with Crippen molar-refractivity contribution in [3.63, 3.8) is 0 Å². The fraction of sp³-hybridized carbons (Fsp3) is 0.500. The molecule has 1 aromatic rings. The number of hydroxylamine groups is 2. The van der Waals surface area contributed by atoms with E-state index in [1.165, 1.54) is 5.06 Å². The molecule has 5 nitrogen and oxygen atoms in total. The molecule has 116 valence electrons. The Labute approximate surface area is 125 Å². The smallest absolute Gasteiger partial charge is 0.303 e. The molecule has 2 atom stereocenters. The lowest BCUT2D eigenvalue weighted by Crippen LogP contribution is -2.36. The van der Waals surface area contributed by atoms with Crippen LogP contribution in [0.5, 0.6) is 0 Å². The molecule has 21 heavy (non-hydrogen) atoms. The number of carboxylic acids is 1. The van der Waals surface area contributed by atoms with Crippen LogP contribution in [0.4, 0.5) is 0 Å². The Hall–Kier alpha value is -1.88. The number of carbonyl (C=O) groups excluding carboxylic acids is 1. The number of carboxylic acid groups (broad SMARTS) is 1. The van der Waals surface area contributed by atoms with Crippen LogP contribution in [0.2, 0.25) is 0 Å². The van der Waals surface area contributed by atoms with E-state index in [-0.39, 0.29) is 18.4 Å². The van der Waals surface area contributed by atoms with Crippen LogP contribution in [0, 0.1) is 5.92 Å². The van der Waals surface area contributed by atoms with Crippen molar-refractivity contribution in [2.45, 2.75) is 45.8 Å². The molecule has 0 spiro atoms. The molecule has 0 bridgehead atoms. The Morgan fingerprint density at radius 2 is 2.00 bits per heavy atom. The summed E-state index contributed by atoms with van der Waals surface area (Å²) in [4.78, 5) is 27.2. The zero-order chi connectivity index (χ0) is 15.7. The van der Waals surface area contributed by atoms with Crippen LogP contribution in [-0.2, 0) is 21.0 Å². The van der Waals surface area contributed by atoms with Crippen LogP contribution in [0.25, 0.3) is 0 Å². The Balaban J connectivity index is 2.42. The molecule has 0 aromatic heterocycles. The molecule has 0 aliphatic carbocycles. The molecule has 0 heterocycles. The van der Waals surface area contributed by atoms with Crippen LogP contribution in [0.1, 0.15) is 38.7 Å². The molecule has 1 aromatic carbocycles. The summed E-state index contributed by atoms with van der Waals surface area (Å²) in [6, 6.07) is 9.53. The number of amides is 1. The highest BCUT2D eigenvalue weighted by atomic mass is 16.7. The van der Waals surface area contributed by atoms with E-state index in [9.17, 15) is 9.59 Å². The molecule has 1 amide bonds. The number of carbonyl (C=O) groups is 2. The van der Waals surface area contributed by atoms with Crippen molar-refractivity contribution in [1.82, 2.24) is 5.06 Å².